The summed E-state index contributed by atoms with van der Waals surface area (Å²) in [6.07, 6.45) is 1.41. The molecule has 6 nitrogen and oxygen atoms in total. The van der Waals surface area contributed by atoms with Crippen molar-refractivity contribution in [1.29, 1.82) is 0 Å². The lowest BCUT2D eigenvalue weighted by molar-refractivity contribution is -0.114. The Labute approximate surface area is 163 Å². The normalized spacial score (nSPS) is 11.3. The van der Waals surface area contributed by atoms with Crippen molar-refractivity contribution in [2.45, 2.75) is 33.1 Å². The maximum atomic E-state index is 13.0. The molecule has 0 atom stereocenters. The smallest absolute Gasteiger partial charge is 0.261 e. The third kappa shape index (κ3) is 3.81. The lowest BCUT2D eigenvalue weighted by atomic mass is 9.85. The lowest BCUT2D eigenvalue weighted by Crippen LogP contribution is -2.25. The number of H-pyrrole nitrogens is 1. The number of rotatable bonds is 3. The van der Waals surface area contributed by atoms with Crippen LogP contribution in [-0.2, 0) is 10.2 Å². The first-order valence-corrected chi connectivity index (χ1v) is 9.01. The summed E-state index contributed by atoms with van der Waals surface area (Å²) in [5.41, 5.74) is 1.88. The van der Waals surface area contributed by atoms with Crippen LogP contribution in [0.15, 0.2) is 53.5 Å². The molecule has 0 aliphatic heterocycles. The Morgan fingerprint density at radius 1 is 0.964 bits per heavy atom. The molecular weight excluding hydrogens is 354 g/mol. The van der Waals surface area contributed by atoms with Crippen LogP contribution >= 0.6 is 0 Å². The Balaban J connectivity index is 2.08. The van der Waals surface area contributed by atoms with Gasteiger partial charge in [0.2, 0.25) is 11.3 Å². The number of amides is 2. The zero-order valence-electron chi connectivity index (χ0n) is 16.3. The Morgan fingerprint density at radius 3 is 2.36 bits per heavy atom. The number of aromatic nitrogens is 1. The molecule has 0 unspecified atom stereocenters. The molecular formula is C22H23N3O3. The number of hydrogen-bond donors (Lipinski definition) is 3. The van der Waals surface area contributed by atoms with E-state index in [1.54, 1.807) is 24.3 Å². The summed E-state index contributed by atoms with van der Waals surface area (Å²) in [6, 6.07) is 12.5. The second kappa shape index (κ2) is 7.31. The molecule has 0 saturated carbocycles. The molecule has 3 rings (SSSR count). The van der Waals surface area contributed by atoms with E-state index in [1.165, 1.54) is 13.1 Å². The van der Waals surface area contributed by atoms with Gasteiger partial charge in [-0.05, 0) is 29.2 Å². The Morgan fingerprint density at radius 2 is 1.68 bits per heavy atom. The molecule has 0 bridgehead atoms. The topological polar surface area (TPSA) is 91.1 Å². The van der Waals surface area contributed by atoms with E-state index in [0.29, 0.717) is 22.3 Å². The summed E-state index contributed by atoms with van der Waals surface area (Å²) in [5, 5.41) is 6.03. The quantitative estimate of drug-likeness (QED) is 0.643. The number of fused-ring (bicyclic) bond motifs is 1. The minimum absolute atomic E-state index is 0.0104. The van der Waals surface area contributed by atoms with Crippen LogP contribution in [0.3, 0.4) is 0 Å². The number of benzene rings is 2. The molecule has 2 amide bonds. The summed E-state index contributed by atoms with van der Waals surface area (Å²) in [7, 11) is 0. The van der Waals surface area contributed by atoms with Crippen LogP contribution in [0.4, 0.5) is 11.4 Å². The second-order valence-electron chi connectivity index (χ2n) is 7.69. The summed E-state index contributed by atoms with van der Waals surface area (Å²) in [5.74, 6) is -0.777. The number of hydrogen-bond acceptors (Lipinski definition) is 3. The second-order valence-corrected chi connectivity index (χ2v) is 7.69. The first-order chi connectivity index (χ1) is 13.2. The van der Waals surface area contributed by atoms with Crippen LogP contribution in [0, 0.1) is 0 Å². The maximum Gasteiger partial charge on any atom is 0.261 e. The standard InChI is InChI=1S/C22H23N3O3/c1-13(26)24-18-11-7-9-16(22(2,3)4)19(18)25-21(28)15-12-23-17-10-6-5-8-14(17)20(15)27/h5-12H,1-4H3,(H,23,27)(H,24,26)(H,25,28). The third-order valence-corrected chi connectivity index (χ3v) is 4.45. The van der Waals surface area contributed by atoms with Crippen molar-refractivity contribution < 1.29 is 9.59 Å². The predicted octanol–water partition coefficient (Wildman–Crippen LogP) is 4.04. The van der Waals surface area contributed by atoms with E-state index >= 15 is 0 Å². The fourth-order valence-electron chi connectivity index (χ4n) is 3.12. The highest BCUT2D eigenvalue weighted by Gasteiger charge is 2.23. The number of carbonyl (C=O) groups is 2. The van der Waals surface area contributed by atoms with E-state index in [9.17, 15) is 14.4 Å². The molecule has 0 fully saturated rings. The highest BCUT2D eigenvalue weighted by atomic mass is 16.2. The molecule has 2 aromatic carbocycles. The summed E-state index contributed by atoms with van der Waals surface area (Å²) >= 11 is 0. The zero-order valence-corrected chi connectivity index (χ0v) is 16.3. The van der Waals surface area contributed by atoms with Crippen molar-refractivity contribution in [3.63, 3.8) is 0 Å². The molecule has 3 aromatic rings. The number of aromatic amines is 1. The van der Waals surface area contributed by atoms with E-state index in [4.69, 9.17) is 0 Å². The monoisotopic (exact) mass is 377 g/mol. The Hall–Kier alpha value is -3.41. The molecule has 1 aromatic heterocycles. The molecule has 1 heterocycles. The largest absolute Gasteiger partial charge is 0.360 e. The highest BCUT2D eigenvalue weighted by Crippen LogP contribution is 2.35. The molecule has 6 heteroatoms. The summed E-state index contributed by atoms with van der Waals surface area (Å²) in [6.45, 7) is 7.44. The lowest BCUT2D eigenvalue weighted by Gasteiger charge is -2.25. The van der Waals surface area contributed by atoms with Crippen LogP contribution in [0.25, 0.3) is 10.9 Å². The number of para-hydroxylation sites is 2. The number of anilines is 2. The van der Waals surface area contributed by atoms with Crippen LogP contribution in [0.2, 0.25) is 0 Å². The number of carbonyl (C=O) groups excluding carboxylic acids is 2. The van der Waals surface area contributed by atoms with Gasteiger partial charge in [0.1, 0.15) is 5.56 Å². The van der Waals surface area contributed by atoms with Gasteiger partial charge in [0, 0.05) is 24.0 Å². The van der Waals surface area contributed by atoms with Crippen LogP contribution in [-0.4, -0.2) is 16.8 Å². The average molecular weight is 377 g/mol. The Bertz CT molecular complexity index is 1120. The molecule has 0 aliphatic rings. The molecule has 0 saturated heterocycles. The zero-order chi connectivity index (χ0) is 20.5. The van der Waals surface area contributed by atoms with E-state index < -0.39 is 5.91 Å². The average Bonchev–Trinajstić information content (AvgIpc) is 2.62. The summed E-state index contributed by atoms with van der Waals surface area (Å²) < 4.78 is 0. The van der Waals surface area contributed by atoms with E-state index in [-0.39, 0.29) is 22.3 Å². The predicted molar refractivity (Wildman–Crippen MR) is 112 cm³/mol. The van der Waals surface area contributed by atoms with Crippen molar-refractivity contribution in [1.82, 2.24) is 4.98 Å². The van der Waals surface area contributed by atoms with Gasteiger partial charge in [-0.2, -0.15) is 0 Å². The van der Waals surface area contributed by atoms with Crippen LogP contribution < -0.4 is 16.1 Å². The molecule has 144 valence electrons. The molecule has 0 aliphatic carbocycles. The van der Waals surface area contributed by atoms with Crippen LogP contribution in [0.5, 0.6) is 0 Å². The number of nitrogens with one attached hydrogen (secondary N) is 3. The van der Waals surface area contributed by atoms with Crippen molar-refractivity contribution in [3.05, 3.63) is 70.0 Å². The van der Waals surface area contributed by atoms with Crippen molar-refractivity contribution in [3.8, 4) is 0 Å². The van der Waals surface area contributed by atoms with E-state index in [1.807, 2.05) is 39.0 Å². The SMILES string of the molecule is CC(=O)Nc1cccc(C(C)(C)C)c1NC(=O)c1c[nH]c2ccccc2c1=O. The van der Waals surface area contributed by atoms with Gasteiger partial charge in [-0.25, -0.2) is 0 Å². The molecule has 28 heavy (non-hydrogen) atoms. The van der Waals surface area contributed by atoms with Gasteiger partial charge in [-0.15, -0.1) is 0 Å². The van der Waals surface area contributed by atoms with E-state index in [2.05, 4.69) is 15.6 Å². The van der Waals surface area contributed by atoms with Crippen molar-refractivity contribution in [2.24, 2.45) is 0 Å². The minimum Gasteiger partial charge on any atom is -0.360 e. The van der Waals surface area contributed by atoms with Gasteiger partial charge >= 0.3 is 0 Å². The van der Waals surface area contributed by atoms with Crippen molar-refractivity contribution in [2.75, 3.05) is 10.6 Å². The Kier molecular flexibility index (Phi) is 5.05. The van der Waals surface area contributed by atoms with Gasteiger partial charge in [0.15, 0.2) is 0 Å². The van der Waals surface area contributed by atoms with Gasteiger partial charge in [-0.3, -0.25) is 14.4 Å². The first kappa shape index (κ1) is 19.4. The minimum atomic E-state index is -0.532. The maximum absolute atomic E-state index is 13.0. The summed E-state index contributed by atoms with van der Waals surface area (Å²) in [4.78, 5) is 40.3. The molecule has 0 spiro atoms. The highest BCUT2D eigenvalue weighted by molar-refractivity contribution is 6.08. The van der Waals surface area contributed by atoms with Gasteiger partial charge in [-0.1, -0.05) is 45.0 Å². The van der Waals surface area contributed by atoms with Crippen LogP contribution in [0.1, 0.15) is 43.6 Å². The fourth-order valence-corrected chi connectivity index (χ4v) is 3.12. The van der Waals surface area contributed by atoms with Gasteiger partial charge in [0.25, 0.3) is 5.91 Å². The third-order valence-electron chi connectivity index (χ3n) is 4.45. The van der Waals surface area contributed by atoms with Gasteiger partial charge in [0.05, 0.1) is 11.4 Å². The molecule has 3 N–H and O–H groups in total. The first-order valence-electron chi connectivity index (χ1n) is 9.01. The number of pyridine rings is 1. The fraction of sp³-hybridized carbons (Fsp3) is 0.227. The molecule has 0 radical (unpaired) electrons. The van der Waals surface area contributed by atoms with E-state index in [0.717, 1.165) is 5.56 Å². The van der Waals surface area contributed by atoms with Gasteiger partial charge < -0.3 is 15.6 Å². The van der Waals surface area contributed by atoms with Crippen molar-refractivity contribution >= 4 is 34.1 Å².